The average molecular weight is 289 g/mol. The molecule has 1 aromatic rings. The lowest BCUT2D eigenvalue weighted by atomic mass is 9.95. The fourth-order valence-corrected chi connectivity index (χ4v) is 2.91. The second-order valence-corrected chi connectivity index (χ2v) is 6.10. The van der Waals surface area contributed by atoms with E-state index in [-0.39, 0.29) is 11.8 Å². The maximum atomic E-state index is 12.1. The third-order valence-corrected chi connectivity index (χ3v) is 4.28. The van der Waals surface area contributed by atoms with Crippen molar-refractivity contribution in [2.24, 2.45) is 11.8 Å². The van der Waals surface area contributed by atoms with Crippen LogP contribution in [-0.4, -0.2) is 17.0 Å². The Morgan fingerprint density at radius 2 is 1.81 bits per heavy atom. The minimum absolute atomic E-state index is 0.132. The number of carboxylic acids is 1. The zero-order valence-electron chi connectivity index (χ0n) is 12.6. The normalized spacial score (nSPS) is 21.5. The van der Waals surface area contributed by atoms with Gasteiger partial charge < -0.3 is 10.4 Å². The van der Waals surface area contributed by atoms with Gasteiger partial charge in [-0.3, -0.25) is 9.59 Å². The van der Waals surface area contributed by atoms with Crippen LogP contribution in [0, 0.1) is 11.8 Å². The van der Waals surface area contributed by atoms with Crippen LogP contribution in [0.2, 0.25) is 0 Å². The molecule has 2 N–H and O–H groups in total. The molecule has 4 nitrogen and oxygen atoms in total. The number of carbonyl (C=O) groups is 2. The maximum Gasteiger partial charge on any atom is 0.307 e. The fourth-order valence-electron chi connectivity index (χ4n) is 2.91. The van der Waals surface area contributed by atoms with Gasteiger partial charge in [-0.2, -0.15) is 0 Å². The van der Waals surface area contributed by atoms with Crippen molar-refractivity contribution in [3.63, 3.8) is 0 Å². The minimum atomic E-state index is -0.853. The lowest BCUT2D eigenvalue weighted by Gasteiger charge is -2.15. The molecule has 1 aromatic carbocycles. The molecular formula is C17H23NO3. The predicted octanol–water partition coefficient (Wildman–Crippen LogP) is 2.93. The summed E-state index contributed by atoms with van der Waals surface area (Å²) in [7, 11) is 0. The van der Waals surface area contributed by atoms with E-state index in [1.165, 1.54) is 5.56 Å². The Hall–Kier alpha value is -1.84. The van der Waals surface area contributed by atoms with Gasteiger partial charge in [-0.1, -0.05) is 44.5 Å². The molecule has 1 fully saturated rings. The summed E-state index contributed by atoms with van der Waals surface area (Å²) in [5.41, 5.74) is 2.31. The van der Waals surface area contributed by atoms with Crippen molar-refractivity contribution < 1.29 is 14.7 Å². The van der Waals surface area contributed by atoms with Crippen LogP contribution in [0.15, 0.2) is 24.3 Å². The molecule has 2 rings (SSSR count). The average Bonchev–Trinajstić information content (AvgIpc) is 2.95. The van der Waals surface area contributed by atoms with Crippen molar-refractivity contribution in [1.29, 1.82) is 0 Å². The monoisotopic (exact) mass is 289 g/mol. The standard InChI is InChI=1S/C17H23NO3/c1-11(2)13-8-6-12(7-9-13)10-18-16(19)14-4-3-5-15(14)17(20)21/h6-9,11,14-15H,3-5,10H2,1-2H3,(H,18,19)(H,20,21). The number of carboxylic acid groups (broad SMARTS) is 1. The Labute approximate surface area is 125 Å². The van der Waals surface area contributed by atoms with Gasteiger partial charge in [0.25, 0.3) is 0 Å². The molecule has 0 aromatic heterocycles. The Morgan fingerprint density at radius 1 is 1.19 bits per heavy atom. The van der Waals surface area contributed by atoms with E-state index in [1.54, 1.807) is 0 Å². The van der Waals surface area contributed by atoms with Gasteiger partial charge in [0.2, 0.25) is 5.91 Å². The van der Waals surface area contributed by atoms with Crippen molar-refractivity contribution in [3.8, 4) is 0 Å². The first-order valence-corrected chi connectivity index (χ1v) is 7.58. The van der Waals surface area contributed by atoms with E-state index in [0.717, 1.165) is 12.0 Å². The predicted molar refractivity (Wildman–Crippen MR) is 80.8 cm³/mol. The number of hydrogen-bond acceptors (Lipinski definition) is 2. The van der Waals surface area contributed by atoms with Gasteiger partial charge in [0.15, 0.2) is 0 Å². The number of hydrogen-bond donors (Lipinski definition) is 2. The van der Waals surface area contributed by atoms with Crippen molar-refractivity contribution in [2.45, 2.75) is 45.6 Å². The van der Waals surface area contributed by atoms with Gasteiger partial charge in [-0.15, -0.1) is 0 Å². The molecule has 0 bridgehead atoms. The van der Waals surface area contributed by atoms with Crippen LogP contribution in [-0.2, 0) is 16.1 Å². The molecule has 114 valence electrons. The van der Waals surface area contributed by atoms with Gasteiger partial charge in [-0.25, -0.2) is 0 Å². The minimum Gasteiger partial charge on any atom is -0.481 e. The molecule has 2 unspecified atom stereocenters. The Balaban J connectivity index is 1.90. The summed E-state index contributed by atoms with van der Waals surface area (Å²) in [6.45, 7) is 4.74. The number of carbonyl (C=O) groups excluding carboxylic acids is 1. The van der Waals surface area contributed by atoms with Crippen molar-refractivity contribution >= 4 is 11.9 Å². The van der Waals surface area contributed by atoms with Gasteiger partial charge in [0.1, 0.15) is 0 Å². The molecule has 1 aliphatic rings. The second-order valence-electron chi connectivity index (χ2n) is 6.10. The van der Waals surface area contributed by atoms with E-state index in [0.29, 0.717) is 25.3 Å². The van der Waals surface area contributed by atoms with Crippen molar-refractivity contribution in [3.05, 3.63) is 35.4 Å². The Bertz CT molecular complexity index is 507. The first-order chi connectivity index (χ1) is 9.99. The molecule has 1 aliphatic carbocycles. The molecule has 0 radical (unpaired) electrons. The smallest absolute Gasteiger partial charge is 0.307 e. The maximum absolute atomic E-state index is 12.1. The van der Waals surface area contributed by atoms with Crippen LogP contribution in [0.25, 0.3) is 0 Å². The second kappa shape index (κ2) is 6.74. The SMILES string of the molecule is CC(C)c1ccc(CNC(=O)C2CCCC2C(=O)O)cc1. The van der Waals surface area contributed by atoms with Gasteiger partial charge in [-0.05, 0) is 29.9 Å². The van der Waals surface area contributed by atoms with Crippen LogP contribution in [0.4, 0.5) is 0 Å². The Morgan fingerprint density at radius 3 is 2.38 bits per heavy atom. The molecule has 4 heteroatoms. The number of benzene rings is 1. The topological polar surface area (TPSA) is 66.4 Å². The quantitative estimate of drug-likeness (QED) is 0.876. The van der Waals surface area contributed by atoms with E-state index in [4.69, 9.17) is 5.11 Å². The molecule has 21 heavy (non-hydrogen) atoms. The summed E-state index contributed by atoms with van der Waals surface area (Å²) >= 11 is 0. The molecule has 1 amide bonds. The summed E-state index contributed by atoms with van der Waals surface area (Å²) in [6, 6.07) is 8.17. The Kier molecular flexibility index (Phi) is 4.99. The van der Waals surface area contributed by atoms with Crippen LogP contribution < -0.4 is 5.32 Å². The van der Waals surface area contributed by atoms with Crippen molar-refractivity contribution in [2.75, 3.05) is 0 Å². The number of aliphatic carboxylic acids is 1. The first kappa shape index (κ1) is 15.5. The highest BCUT2D eigenvalue weighted by molar-refractivity contribution is 5.85. The fraction of sp³-hybridized carbons (Fsp3) is 0.529. The molecule has 0 spiro atoms. The number of nitrogens with one attached hydrogen (secondary N) is 1. The van der Waals surface area contributed by atoms with E-state index in [2.05, 4.69) is 31.3 Å². The highest BCUT2D eigenvalue weighted by Crippen LogP contribution is 2.32. The molecular weight excluding hydrogens is 266 g/mol. The summed E-state index contributed by atoms with van der Waals surface area (Å²) < 4.78 is 0. The van der Waals surface area contributed by atoms with Crippen LogP contribution in [0.1, 0.15) is 50.2 Å². The highest BCUT2D eigenvalue weighted by atomic mass is 16.4. The van der Waals surface area contributed by atoms with E-state index in [9.17, 15) is 9.59 Å². The molecule has 0 aliphatic heterocycles. The molecule has 2 atom stereocenters. The highest BCUT2D eigenvalue weighted by Gasteiger charge is 2.37. The van der Waals surface area contributed by atoms with Crippen LogP contribution >= 0.6 is 0 Å². The lowest BCUT2D eigenvalue weighted by molar-refractivity contribution is -0.146. The summed E-state index contributed by atoms with van der Waals surface area (Å²) in [6.07, 6.45) is 2.10. The largest absolute Gasteiger partial charge is 0.481 e. The van der Waals surface area contributed by atoms with Crippen LogP contribution in [0.3, 0.4) is 0 Å². The zero-order valence-corrected chi connectivity index (χ0v) is 12.6. The van der Waals surface area contributed by atoms with Crippen LogP contribution in [0.5, 0.6) is 0 Å². The molecule has 0 saturated heterocycles. The number of rotatable bonds is 5. The zero-order chi connectivity index (χ0) is 15.4. The third-order valence-electron chi connectivity index (χ3n) is 4.28. The van der Waals surface area contributed by atoms with Gasteiger partial charge in [0, 0.05) is 6.54 Å². The summed E-state index contributed by atoms with van der Waals surface area (Å²) in [5, 5.41) is 12.0. The third kappa shape index (κ3) is 3.84. The van der Waals surface area contributed by atoms with E-state index < -0.39 is 11.9 Å². The summed E-state index contributed by atoms with van der Waals surface area (Å²) in [5.74, 6) is -1.39. The van der Waals surface area contributed by atoms with Gasteiger partial charge in [0.05, 0.1) is 11.8 Å². The lowest BCUT2D eigenvalue weighted by Crippen LogP contribution is -2.34. The molecule has 1 saturated carbocycles. The van der Waals surface area contributed by atoms with Gasteiger partial charge >= 0.3 is 5.97 Å². The van der Waals surface area contributed by atoms with Crippen molar-refractivity contribution in [1.82, 2.24) is 5.32 Å². The summed E-state index contributed by atoms with van der Waals surface area (Å²) in [4.78, 5) is 23.2. The van der Waals surface area contributed by atoms with E-state index in [1.807, 2.05) is 12.1 Å². The molecule has 0 heterocycles. The first-order valence-electron chi connectivity index (χ1n) is 7.58. The van der Waals surface area contributed by atoms with E-state index >= 15 is 0 Å². The number of amides is 1.